The second kappa shape index (κ2) is 10.3. The monoisotopic (exact) mass is 373 g/mol. The molecule has 1 aromatic heterocycles. The van der Waals surface area contributed by atoms with Crippen LogP contribution in [0.2, 0.25) is 0 Å². The van der Waals surface area contributed by atoms with Gasteiger partial charge in [-0.05, 0) is 38.1 Å². The van der Waals surface area contributed by atoms with Gasteiger partial charge in [-0.3, -0.25) is 9.89 Å². The van der Waals surface area contributed by atoms with E-state index in [1.807, 2.05) is 6.92 Å². The molecule has 0 aliphatic heterocycles. The first-order chi connectivity index (χ1) is 12.5. The van der Waals surface area contributed by atoms with Crippen LogP contribution < -0.4 is 10.6 Å². The fourth-order valence-electron chi connectivity index (χ4n) is 2.65. The van der Waals surface area contributed by atoms with Gasteiger partial charge in [-0.2, -0.15) is 0 Å². The molecule has 2 rings (SSSR count). The predicted molar refractivity (Wildman–Crippen MR) is 112 cm³/mol. The minimum Gasteiger partial charge on any atom is -0.352 e. The molecule has 1 heterocycles. The number of nitrogens with zero attached hydrogens (tertiary/aromatic N) is 3. The van der Waals surface area contributed by atoms with E-state index in [2.05, 4.69) is 70.5 Å². The summed E-state index contributed by atoms with van der Waals surface area (Å²) in [7, 11) is 1.79. The van der Waals surface area contributed by atoms with Crippen LogP contribution in [0.25, 0.3) is 0 Å². The van der Waals surface area contributed by atoms with Crippen molar-refractivity contribution in [1.29, 1.82) is 0 Å². The van der Waals surface area contributed by atoms with Crippen molar-refractivity contribution in [2.75, 3.05) is 20.1 Å². The second-order valence-electron chi connectivity index (χ2n) is 6.31. The number of aryl methyl sites for hydroxylation is 2. The Labute approximate surface area is 161 Å². The molecule has 0 unspecified atom stereocenters. The van der Waals surface area contributed by atoms with Crippen molar-refractivity contribution < 1.29 is 0 Å². The van der Waals surface area contributed by atoms with E-state index in [1.54, 1.807) is 18.4 Å². The summed E-state index contributed by atoms with van der Waals surface area (Å²) >= 11 is 1.73. The van der Waals surface area contributed by atoms with Gasteiger partial charge in [0.15, 0.2) is 5.96 Å². The Kier molecular flexibility index (Phi) is 8.06. The van der Waals surface area contributed by atoms with E-state index in [-0.39, 0.29) is 0 Å². The predicted octanol–water partition coefficient (Wildman–Crippen LogP) is 3.47. The van der Waals surface area contributed by atoms with Crippen LogP contribution in [0, 0.1) is 13.8 Å². The third-order valence-corrected chi connectivity index (χ3v) is 5.56. The molecule has 0 aliphatic rings. The maximum atomic E-state index is 4.55. The highest BCUT2D eigenvalue weighted by molar-refractivity contribution is 7.11. The van der Waals surface area contributed by atoms with Gasteiger partial charge in [0.25, 0.3) is 0 Å². The molecule has 1 aromatic carbocycles. The molecule has 0 amide bonds. The van der Waals surface area contributed by atoms with Crippen LogP contribution in [0.15, 0.2) is 29.3 Å². The zero-order valence-corrected chi connectivity index (χ0v) is 17.4. The second-order valence-corrected chi connectivity index (χ2v) is 7.59. The van der Waals surface area contributed by atoms with Gasteiger partial charge < -0.3 is 10.6 Å². The first-order valence-corrected chi connectivity index (χ1v) is 10.0. The molecule has 2 N–H and O–H groups in total. The number of aliphatic imine (C=N–C) groups is 1. The van der Waals surface area contributed by atoms with Gasteiger partial charge >= 0.3 is 0 Å². The van der Waals surface area contributed by atoms with Crippen molar-refractivity contribution >= 4 is 17.3 Å². The third kappa shape index (κ3) is 6.11. The van der Waals surface area contributed by atoms with Gasteiger partial charge in [0, 0.05) is 25.0 Å². The molecular weight excluding hydrogens is 342 g/mol. The lowest BCUT2D eigenvalue weighted by atomic mass is 10.1. The Balaban J connectivity index is 1.82. The molecule has 0 bridgehead atoms. The number of benzene rings is 1. The van der Waals surface area contributed by atoms with Crippen molar-refractivity contribution in [3.8, 4) is 0 Å². The minimum absolute atomic E-state index is 0.696. The lowest BCUT2D eigenvalue weighted by Gasteiger charge is -2.18. The summed E-state index contributed by atoms with van der Waals surface area (Å²) in [5, 5.41) is 7.78. The maximum Gasteiger partial charge on any atom is 0.191 e. The zero-order chi connectivity index (χ0) is 18.9. The number of rotatable bonds is 8. The SMILES string of the molecule is CCN(CC)Cc1ccc(CNC(=NC)NCc2nc(C)c(C)s2)cc1. The fraction of sp³-hybridized carbons (Fsp3) is 0.500. The van der Waals surface area contributed by atoms with E-state index in [1.165, 1.54) is 16.0 Å². The molecule has 5 nitrogen and oxygen atoms in total. The molecule has 0 aliphatic carbocycles. The molecule has 142 valence electrons. The molecule has 6 heteroatoms. The Hall–Kier alpha value is -1.92. The fourth-order valence-corrected chi connectivity index (χ4v) is 3.52. The summed E-state index contributed by atoms with van der Waals surface area (Å²) in [6, 6.07) is 8.80. The summed E-state index contributed by atoms with van der Waals surface area (Å²) in [4.78, 5) is 12.5. The maximum absolute atomic E-state index is 4.55. The van der Waals surface area contributed by atoms with Gasteiger partial charge in [-0.15, -0.1) is 11.3 Å². The van der Waals surface area contributed by atoms with Gasteiger partial charge in [0.2, 0.25) is 0 Å². The Morgan fingerprint density at radius 3 is 2.19 bits per heavy atom. The topological polar surface area (TPSA) is 52.5 Å². The van der Waals surface area contributed by atoms with Gasteiger partial charge in [0.1, 0.15) is 5.01 Å². The first kappa shape index (κ1) is 20.4. The van der Waals surface area contributed by atoms with Crippen molar-refractivity contribution in [3.05, 3.63) is 51.0 Å². The van der Waals surface area contributed by atoms with Gasteiger partial charge in [0.05, 0.1) is 12.2 Å². The van der Waals surface area contributed by atoms with E-state index in [0.29, 0.717) is 6.54 Å². The standard InChI is InChI=1S/C20H31N5S/c1-6-25(7-2)14-18-10-8-17(9-11-18)12-22-20(21-5)23-13-19-24-15(3)16(4)26-19/h8-11H,6-7,12-14H2,1-5H3,(H2,21,22,23). The van der Waals surface area contributed by atoms with E-state index in [4.69, 9.17) is 0 Å². The number of hydrogen-bond donors (Lipinski definition) is 2. The number of hydrogen-bond acceptors (Lipinski definition) is 4. The Bertz CT molecular complexity index is 682. The zero-order valence-electron chi connectivity index (χ0n) is 16.6. The summed E-state index contributed by atoms with van der Waals surface area (Å²) in [6.07, 6.45) is 0. The van der Waals surface area contributed by atoms with Crippen molar-refractivity contribution in [1.82, 2.24) is 20.5 Å². The van der Waals surface area contributed by atoms with E-state index in [9.17, 15) is 0 Å². The smallest absolute Gasteiger partial charge is 0.191 e. The van der Waals surface area contributed by atoms with Crippen LogP contribution >= 0.6 is 11.3 Å². The minimum atomic E-state index is 0.696. The third-order valence-electron chi connectivity index (χ3n) is 4.49. The van der Waals surface area contributed by atoms with Crippen LogP contribution in [0.5, 0.6) is 0 Å². The highest BCUT2D eigenvalue weighted by Crippen LogP contribution is 2.15. The Morgan fingerprint density at radius 2 is 1.65 bits per heavy atom. The Morgan fingerprint density at radius 1 is 1.04 bits per heavy atom. The van der Waals surface area contributed by atoms with E-state index in [0.717, 1.165) is 42.8 Å². The van der Waals surface area contributed by atoms with Crippen molar-refractivity contribution in [2.24, 2.45) is 4.99 Å². The van der Waals surface area contributed by atoms with Gasteiger partial charge in [-0.1, -0.05) is 38.1 Å². The van der Waals surface area contributed by atoms with Gasteiger partial charge in [-0.25, -0.2) is 4.98 Å². The molecular formula is C20H31N5S. The molecule has 0 spiro atoms. The normalized spacial score (nSPS) is 11.8. The van der Waals surface area contributed by atoms with Crippen LogP contribution in [0.3, 0.4) is 0 Å². The average Bonchev–Trinajstić information content (AvgIpc) is 2.98. The van der Waals surface area contributed by atoms with Crippen LogP contribution in [-0.2, 0) is 19.6 Å². The molecule has 0 atom stereocenters. The quantitative estimate of drug-likeness (QED) is 0.550. The molecule has 26 heavy (non-hydrogen) atoms. The number of thiazole rings is 1. The summed E-state index contributed by atoms with van der Waals surface area (Å²) in [5.74, 6) is 0.794. The lowest BCUT2D eigenvalue weighted by Crippen LogP contribution is -2.36. The van der Waals surface area contributed by atoms with E-state index >= 15 is 0 Å². The van der Waals surface area contributed by atoms with Crippen molar-refractivity contribution in [3.63, 3.8) is 0 Å². The average molecular weight is 374 g/mol. The largest absolute Gasteiger partial charge is 0.352 e. The number of nitrogens with one attached hydrogen (secondary N) is 2. The summed E-state index contributed by atoms with van der Waals surface area (Å²) < 4.78 is 0. The van der Waals surface area contributed by atoms with Crippen LogP contribution in [-0.4, -0.2) is 36.0 Å². The number of guanidine groups is 1. The first-order valence-electron chi connectivity index (χ1n) is 9.23. The lowest BCUT2D eigenvalue weighted by molar-refractivity contribution is 0.296. The molecule has 0 saturated heterocycles. The molecule has 0 saturated carbocycles. The summed E-state index contributed by atoms with van der Waals surface area (Å²) in [6.45, 7) is 13.2. The van der Waals surface area contributed by atoms with Crippen molar-refractivity contribution in [2.45, 2.75) is 47.3 Å². The van der Waals surface area contributed by atoms with Crippen LogP contribution in [0.4, 0.5) is 0 Å². The van der Waals surface area contributed by atoms with Crippen LogP contribution in [0.1, 0.15) is 40.6 Å². The molecule has 0 radical (unpaired) electrons. The highest BCUT2D eigenvalue weighted by Gasteiger charge is 2.05. The number of aromatic nitrogens is 1. The molecule has 2 aromatic rings. The summed E-state index contributed by atoms with van der Waals surface area (Å²) in [5.41, 5.74) is 3.71. The highest BCUT2D eigenvalue weighted by atomic mass is 32.1. The van der Waals surface area contributed by atoms with E-state index < -0.39 is 0 Å². The molecule has 0 fully saturated rings.